The Morgan fingerprint density at radius 2 is 1.93 bits per heavy atom. The fraction of sp³-hybridized carbons (Fsp3) is 0.607. The zero-order valence-corrected chi connectivity index (χ0v) is 23.5. The number of alkyl halides is 3. The minimum atomic E-state index is -4.57. The third-order valence-corrected chi connectivity index (χ3v) is 7.36. The van der Waals surface area contributed by atoms with Crippen LogP contribution in [-0.4, -0.2) is 99.2 Å². The zero-order valence-electron chi connectivity index (χ0n) is 23.5. The van der Waals surface area contributed by atoms with Crippen molar-refractivity contribution >= 4 is 29.4 Å². The molecular formula is C28H40F3N7O2. The van der Waals surface area contributed by atoms with Gasteiger partial charge >= 0.3 is 6.18 Å². The number of anilines is 4. The van der Waals surface area contributed by atoms with Crippen molar-refractivity contribution in [1.82, 2.24) is 19.8 Å². The summed E-state index contributed by atoms with van der Waals surface area (Å²) in [7, 11) is 6.10. The van der Waals surface area contributed by atoms with Crippen LogP contribution in [0.25, 0.3) is 0 Å². The summed E-state index contributed by atoms with van der Waals surface area (Å²) in [5.41, 5.74) is 2.26. The smallest absolute Gasteiger partial charge is 0.380 e. The molecule has 2 heterocycles. The average molecular weight is 564 g/mol. The highest BCUT2D eigenvalue weighted by atomic mass is 19.4. The molecule has 1 aromatic carbocycles. The van der Waals surface area contributed by atoms with Crippen molar-refractivity contribution in [2.45, 2.75) is 43.8 Å². The fourth-order valence-corrected chi connectivity index (χ4v) is 4.61. The van der Waals surface area contributed by atoms with Crippen LogP contribution in [0.3, 0.4) is 0 Å². The van der Waals surface area contributed by atoms with Crippen molar-refractivity contribution in [3.05, 3.63) is 35.5 Å². The Hall–Kier alpha value is -2.96. The van der Waals surface area contributed by atoms with Crippen molar-refractivity contribution < 1.29 is 22.7 Å². The minimum Gasteiger partial charge on any atom is -0.380 e. The summed E-state index contributed by atoms with van der Waals surface area (Å²) in [6, 6.07) is 6.77. The van der Waals surface area contributed by atoms with Crippen molar-refractivity contribution in [3.63, 3.8) is 0 Å². The van der Waals surface area contributed by atoms with E-state index in [9.17, 15) is 18.0 Å². The lowest BCUT2D eigenvalue weighted by Crippen LogP contribution is -2.57. The maximum absolute atomic E-state index is 13.7. The third kappa shape index (κ3) is 8.28. The van der Waals surface area contributed by atoms with Gasteiger partial charge in [0.25, 0.3) is 0 Å². The van der Waals surface area contributed by atoms with Gasteiger partial charge in [0.05, 0.1) is 13.2 Å². The highest BCUT2D eigenvalue weighted by Crippen LogP contribution is 2.45. The predicted octanol–water partition coefficient (Wildman–Crippen LogP) is 4.21. The second-order valence-corrected chi connectivity index (χ2v) is 10.8. The number of hydrogen-bond acceptors (Lipinski definition) is 9. The van der Waals surface area contributed by atoms with E-state index >= 15 is 0 Å². The minimum absolute atomic E-state index is 0.131. The number of aldehydes is 1. The number of carbonyl (C=O) groups excluding carboxylic acids is 1. The summed E-state index contributed by atoms with van der Waals surface area (Å²) in [6.45, 7) is 4.51. The van der Waals surface area contributed by atoms with Crippen LogP contribution in [0.15, 0.2) is 24.4 Å². The van der Waals surface area contributed by atoms with E-state index < -0.39 is 11.7 Å². The first-order valence-corrected chi connectivity index (χ1v) is 13.9. The van der Waals surface area contributed by atoms with Gasteiger partial charge in [-0.3, -0.25) is 0 Å². The van der Waals surface area contributed by atoms with Crippen LogP contribution in [0.2, 0.25) is 0 Å². The van der Waals surface area contributed by atoms with E-state index in [-0.39, 0.29) is 11.8 Å². The first kappa shape index (κ1) is 30.0. The molecule has 0 amide bonds. The molecule has 1 saturated heterocycles. The monoisotopic (exact) mass is 563 g/mol. The number of carbonyl (C=O) groups is 1. The Morgan fingerprint density at radius 3 is 2.60 bits per heavy atom. The largest absolute Gasteiger partial charge is 0.421 e. The van der Waals surface area contributed by atoms with Crippen LogP contribution >= 0.6 is 0 Å². The number of benzene rings is 1. The summed E-state index contributed by atoms with van der Waals surface area (Å²) < 4.78 is 46.4. The molecule has 0 bridgehead atoms. The maximum Gasteiger partial charge on any atom is 0.421 e. The lowest BCUT2D eigenvalue weighted by atomic mass is 10.0. The summed E-state index contributed by atoms with van der Waals surface area (Å²) >= 11 is 0. The van der Waals surface area contributed by atoms with Gasteiger partial charge in [-0.2, -0.15) is 18.2 Å². The Balaban J connectivity index is 1.37. The van der Waals surface area contributed by atoms with Crippen LogP contribution in [0.1, 0.15) is 42.7 Å². The summed E-state index contributed by atoms with van der Waals surface area (Å²) in [5, 5.41) is 6.06. The van der Waals surface area contributed by atoms with Gasteiger partial charge in [-0.15, -0.1) is 0 Å². The highest BCUT2D eigenvalue weighted by Gasteiger charge is 2.36. The molecule has 0 radical (unpaired) electrons. The molecule has 2 aromatic rings. The second kappa shape index (κ2) is 13.6. The van der Waals surface area contributed by atoms with Gasteiger partial charge in [0.1, 0.15) is 17.7 Å². The van der Waals surface area contributed by atoms with Crippen LogP contribution in [0, 0.1) is 0 Å². The number of likely N-dealkylation sites (N-methyl/N-ethyl adjacent to an activating group) is 2. The van der Waals surface area contributed by atoms with Gasteiger partial charge in [0, 0.05) is 56.2 Å². The molecule has 9 nitrogen and oxygen atoms in total. The molecule has 0 unspecified atom stereocenters. The molecule has 12 heteroatoms. The summed E-state index contributed by atoms with van der Waals surface area (Å²) in [6.07, 6.45) is 0.264. The fourth-order valence-electron chi connectivity index (χ4n) is 4.61. The first-order valence-electron chi connectivity index (χ1n) is 13.9. The van der Waals surface area contributed by atoms with Gasteiger partial charge in [-0.1, -0.05) is 0 Å². The quantitative estimate of drug-likeness (QED) is 0.231. The molecular weight excluding hydrogens is 523 g/mol. The van der Waals surface area contributed by atoms with Crippen molar-refractivity contribution in [2.24, 2.45) is 0 Å². The van der Waals surface area contributed by atoms with Crippen LogP contribution in [-0.2, 0) is 15.7 Å². The van der Waals surface area contributed by atoms with Crippen molar-refractivity contribution in [3.8, 4) is 0 Å². The lowest BCUT2D eigenvalue weighted by Gasteiger charge is -2.44. The first-order chi connectivity index (χ1) is 19.2. The molecule has 1 aliphatic carbocycles. The average Bonchev–Trinajstić information content (AvgIpc) is 3.71. The standard InChI is InChI=1S/C28H40F3N7O2/c1-36(2)22-18-38(19-22)21-8-9-25(23(16-21)20-6-7-20)34-27-33-17-24(28(29,30)31)26(35-27)32-10-4-11-37(3)12-15-40-14-5-13-39/h8-9,13,16-17,20,22H,4-7,10-12,14-15,18-19H2,1-3H3,(H2,32,33,34,35). The molecule has 0 atom stereocenters. The Labute approximate surface area is 234 Å². The maximum atomic E-state index is 13.7. The van der Waals surface area contributed by atoms with Gasteiger partial charge in [0.15, 0.2) is 0 Å². The van der Waals surface area contributed by atoms with Gasteiger partial charge in [0.2, 0.25) is 5.95 Å². The number of hydrogen-bond donors (Lipinski definition) is 2. The zero-order chi connectivity index (χ0) is 28.7. The molecule has 1 saturated carbocycles. The Morgan fingerprint density at radius 1 is 1.15 bits per heavy atom. The summed E-state index contributed by atoms with van der Waals surface area (Å²) in [5.74, 6) is 0.337. The lowest BCUT2D eigenvalue weighted by molar-refractivity contribution is -0.137. The van der Waals surface area contributed by atoms with Gasteiger partial charge in [-0.05, 0) is 76.6 Å². The summed E-state index contributed by atoms with van der Waals surface area (Å²) in [4.78, 5) is 25.2. The number of halogens is 3. The second-order valence-electron chi connectivity index (χ2n) is 10.8. The van der Waals surface area contributed by atoms with E-state index in [0.717, 1.165) is 49.7 Å². The van der Waals surface area contributed by atoms with E-state index in [1.165, 1.54) is 5.69 Å². The topological polar surface area (TPSA) is 85.9 Å². The molecule has 2 fully saturated rings. The number of aromatic nitrogens is 2. The molecule has 0 spiro atoms. The number of nitrogens with one attached hydrogen (secondary N) is 2. The molecule has 2 N–H and O–H groups in total. The van der Waals surface area contributed by atoms with E-state index in [0.29, 0.717) is 57.6 Å². The predicted molar refractivity (Wildman–Crippen MR) is 151 cm³/mol. The van der Waals surface area contributed by atoms with Crippen LogP contribution in [0.4, 0.5) is 36.3 Å². The van der Waals surface area contributed by atoms with Crippen LogP contribution in [0.5, 0.6) is 0 Å². The van der Waals surface area contributed by atoms with E-state index in [4.69, 9.17) is 4.74 Å². The number of rotatable bonds is 16. The molecule has 220 valence electrons. The Bertz CT molecular complexity index is 1120. The molecule has 1 aliphatic heterocycles. The number of ether oxygens (including phenoxy) is 1. The van der Waals surface area contributed by atoms with E-state index in [1.807, 2.05) is 24.1 Å². The molecule has 4 rings (SSSR count). The Kier molecular flexibility index (Phi) is 10.2. The molecule has 40 heavy (non-hydrogen) atoms. The van der Waals surface area contributed by atoms with E-state index in [2.05, 4.69) is 50.6 Å². The molecule has 1 aromatic heterocycles. The SMILES string of the molecule is CN(CCCNc1nc(Nc2ccc(N3CC(N(C)C)C3)cc2C2CC2)ncc1C(F)(F)F)CCOCCC=O. The normalized spacial score (nSPS) is 15.9. The molecule has 2 aliphatic rings. The van der Waals surface area contributed by atoms with Gasteiger partial charge < -0.3 is 34.9 Å². The van der Waals surface area contributed by atoms with E-state index in [1.54, 1.807) is 0 Å². The highest BCUT2D eigenvalue weighted by molar-refractivity contribution is 5.67. The third-order valence-electron chi connectivity index (χ3n) is 7.36. The van der Waals surface area contributed by atoms with Gasteiger partial charge in [-0.25, -0.2) is 4.98 Å². The van der Waals surface area contributed by atoms with Crippen molar-refractivity contribution in [2.75, 3.05) is 82.6 Å². The number of nitrogens with zero attached hydrogens (tertiary/aromatic N) is 5. The van der Waals surface area contributed by atoms with Crippen molar-refractivity contribution in [1.29, 1.82) is 0 Å². The van der Waals surface area contributed by atoms with Crippen LogP contribution < -0.4 is 15.5 Å².